The van der Waals surface area contributed by atoms with E-state index in [0.717, 1.165) is 22.9 Å². The number of rotatable bonds is 6. The second kappa shape index (κ2) is 10.1. The average molecular weight is 435 g/mol. The standard InChI is InChI=1S/C20H18N2O5S.ClH/c1-26-19(24)16(21)10-12-2-6-14(7-3-12)27-15-8-4-13(5-9-15)11-17-18(23)22-20(25)28-17;/h2-9,11,16H,10,21H2,1H3,(H,22,23,25);1H/t16-;/m0./s1. The molecule has 0 aromatic heterocycles. The van der Waals surface area contributed by atoms with Crippen molar-refractivity contribution < 1.29 is 23.9 Å². The molecular formula is C20H19ClN2O5S. The molecule has 1 heterocycles. The van der Waals surface area contributed by atoms with Gasteiger partial charge in [0.25, 0.3) is 11.1 Å². The largest absolute Gasteiger partial charge is 0.468 e. The third-order valence-corrected chi connectivity index (χ3v) is 4.75. The molecule has 2 aromatic rings. The Hall–Kier alpha value is -2.81. The zero-order valence-electron chi connectivity index (χ0n) is 15.4. The number of hydrogen-bond acceptors (Lipinski definition) is 7. The summed E-state index contributed by atoms with van der Waals surface area (Å²) >= 11 is 0.876. The Balaban J connectivity index is 0.00000300. The Labute approximate surface area is 178 Å². The predicted octanol–water partition coefficient (Wildman–Crippen LogP) is 3.27. The second-order valence-electron chi connectivity index (χ2n) is 6.00. The van der Waals surface area contributed by atoms with Crippen molar-refractivity contribution in [2.24, 2.45) is 5.73 Å². The molecule has 29 heavy (non-hydrogen) atoms. The molecule has 0 spiro atoms. The highest BCUT2D eigenvalue weighted by Crippen LogP contribution is 2.27. The van der Waals surface area contributed by atoms with Crippen molar-refractivity contribution in [3.63, 3.8) is 0 Å². The van der Waals surface area contributed by atoms with Crippen LogP contribution in [0.4, 0.5) is 4.79 Å². The Kier molecular flexibility index (Phi) is 7.83. The second-order valence-corrected chi connectivity index (χ2v) is 7.02. The molecule has 2 amide bonds. The van der Waals surface area contributed by atoms with Crippen molar-refractivity contribution in [1.29, 1.82) is 0 Å². The van der Waals surface area contributed by atoms with Gasteiger partial charge in [-0.3, -0.25) is 19.7 Å². The molecule has 0 aliphatic carbocycles. The van der Waals surface area contributed by atoms with E-state index in [1.807, 2.05) is 12.1 Å². The maximum atomic E-state index is 11.6. The van der Waals surface area contributed by atoms with E-state index < -0.39 is 12.0 Å². The molecule has 1 saturated heterocycles. The number of imide groups is 1. The number of amides is 2. The Morgan fingerprint density at radius 1 is 1.10 bits per heavy atom. The number of nitrogens with two attached hydrogens (primary N) is 1. The molecule has 0 saturated carbocycles. The van der Waals surface area contributed by atoms with Gasteiger partial charge < -0.3 is 15.2 Å². The summed E-state index contributed by atoms with van der Waals surface area (Å²) in [5, 5.41) is 1.85. The van der Waals surface area contributed by atoms with Crippen LogP contribution < -0.4 is 15.8 Å². The van der Waals surface area contributed by atoms with E-state index in [9.17, 15) is 14.4 Å². The Morgan fingerprint density at radius 3 is 2.21 bits per heavy atom. The van der Waals surface area contributed by atoms with E-state index in [1.54, 1.807) is 42.5 Å². The summed E-state index contributed by atoms with van der Waals surface area (Å²) in [4.78, 5) is 34.5. The summed E-state index contributed by atoms with van der Waals surface area (Å²) in [6.45, 7) is 0. The van der Waals surface area contributed by atoms with E-state index in [1.165, 1.54) is 7.11 Å². The maximum absolute atomic E-state index is 11.6. The lowest BCUT2D eigenvalue weighted by molar-refractivity contribution is -0.142. The van der Waals surface area contributed by atoms with Gasteiger partial charge in [-0.15, -0.1) is 12.4 Å². The van der Waals surface area contributed by atoms with Crippen molar-refractivity contribution in [2.75, 3.05) is 7.11 Å². The molecule has 0 bridgehead atoms. The summed E-state index contributed by atoms with van der Waals surface area (Å²) < 4.78 is 10.4. The minimum atomic E-state index is -0.700. The molecule has 152 valence electrons. The summed E-state index contributed by atoms with van der Waals surface area (Å²) in [5.74, 6) is 0.425. The fourth-order valence-electron chi connectivity index (χ4n) is 2.52. The molecule has 7 nitrogen and oxygen atoms in total. The molecule has 2 aromatic carbocycles. The average Bonchev–Trinajstić information content (AvgIpc) is 3.01. The first-order valence-electron chi connectivity index (χ1n) is 8.40. The van der Waals surface area contributed by atoms with Gasteiger partial charge in [-0.2, -0.15) is 0 Å². The first-order chi connectivity index (χ1) is 13.4. The molecule has 1 aliphatic rings. The lowest BCUT2D eigenvalue weighted by atomic mass is 10.1. The molecule has 0 radical (unpaired) electrons. The maximum Gasteiger partial charge on any atom is 0.322 e. The first kappa shape index (κ1) is 22.5. The normalized spacial score (nSPS) is 15.4. The van der Waals surface area contributed by atoms with Gasteiger partial charge in [0.2, 0.25) is 0 Å². The zero-order valence-corrected chi connectivity index (χ0v) is 17.0. The van der Waals surface area contributed by atoms with E-state index in [2.05, 4.69) is 10.1 Å². The molecule has 9 heteroatoms. The van der Waals surface area contributed by atoms with Crippen molar-refractivity contribution in [1.82, 2.24) is 5.32 Å². The van der Waals surface area contributed by atoms with Crippen molar-refractivity contribution in [2.45, 2.75) is 12.5 Å². The first-order valence-corrected chi connectivity index (χ1v) is 9.21. The SMILES string of the molecule is COC(=O)[C@@H](N)Cc1ccc(Oc2ccc(C=C3SC(=O)NC3=O)cc2)cc1.Cl. The van der Waals surface area contributed by atoms with E-state index in [4.69, 9.17) is 10.5 Å². The number of ether oxygens (including phenoxy) is 2. The van der Waals surface area contributed by atoms with Gasteiger partial charge in [0.1, 0.15) is 17.5 Å². The quantitative estimate of drug-likeness (QED) is 0.530. The van der Waals surface area contributed by atoms with Gasteiger partial charge in [-0.05, 0) is 59.7 Å². The number of benzene rings is 2. The van der Waals surface area contributed by atoms with E-state index in [0.29, 0.717) is 22.8 Å². The summed E-state index contributed by atoms with van der Waals surface area (Å²) in [7, 11) is 1.31. The van der Waals surface area contributed by atoms with Gasteiger partial charge in [0.15, 0.2) is 0 Å². The van der Waals surface area contributed by atoms with E-state index in [-0.39, 0.29) is 23.6 Å². The number of nitrogens with one attached hydrogen (secondary N) is 1. The fraction of sp³-hybridized carbons (Fsp3) is 0.150. The Morgan fingerprint density at radius 2 is 1.69 bits per heavy atom. The molecule has 1 fully saturated rings. The van der Waals surface area contributed by atoms with Crippen molar-refractivity contribution >= 4 is 47.4 Å². The molecule has 3 rings (SSSR count). The highest BCUT2D eigenvalue weighted by Gasteiger charge is 2.24. The van der Waals surface area contributed by atoms with Crippen molar-refractivity contribution in [3.8, 4) is 11.5 Å². The molecule has 1 atom stereocenters. The third-order valence-electron chi connectivity index (χ3n) is 3.94. The number of carbonyl (C=O) groups excluding carboxylic acids is 3. The van der Waals surface area contributed by atoms with Gasteiger partial charge in [-0.1, -0.05) is 24.3 Å². The highest BCUT2D eigenvalue weighted by molar-refractivity contribution is 8.18. The highest BCUT2D eigenvalue weighted by atomic mass is 35.5. The smallest absolute Gasteiger partial charge is 0.322 e. The molecule has 3 N–H and O–H groups in total. The molecule has 1 aliphatic heterocycles. The van der Waals surface area contributed by atoms with E-state index >= 15 is 0 Å². The van der Waals surface area contributed by atoms with Gasteiger partial charge in [0, 0.05) is 0 Å². The number of carbonyl (C=O) groups is 3. The lowest BCUT2D eigenvalue weighted by Gasteiger charge is -2.10. The molecular weight excluding hydrogens is 416 g/mol. The van der Waals surface area contributed by atoms with Crippen LogP contribution in [-0.4, -0.2) is 30.3 Å². The number of halogens is 1. The number of hydrogen-bond donors (Lipinski definition) is 2. The van der Waals surface area contributed by atoms with Crippen LogP contribution in [0.3, 0.4) is 0 Å². The fourth-order valence-corrected chi connectivity index (χ4v) is 3.21. The summed E-state index contributed by atoms with van der Waals surface area (Å²) in [6.07, 6.45) is 2.03. The van der Waals surface area contributed by atoms with Gasteiger partial charge >= 0.3 is 5.97 Å². The minimum Gasteiger partial charge on any atom is -0.468 e. The monoisotopic (exact) mass is 434 g/mol. The van der Waals surface area contributed by atoms with Crippen LogP contribution >= 0.6 is 24.2 Å². The minimum absolute atomic E-state index is 0. The summed E-state index contributed by atoms with van der Waals surface area (Å²) in [6, 6.07) is 13.7. The van der Waals surface area contributed by atoms with Crippen LogP contribution in [0.2, 0.25) is 0 Å². The number of esters is 1. The van der Waals surface area contributed by atoms with Crippen LogP contribution in [0, 0.1) is 0 Å². The predicted molar refractivity (Wildman–Crippen MR) is 113 cm³/mol. The molecule has 0 unspecified atom stereocenters. The summed E-state index contributed by atoms with van der Waals surface area (Å²) in [5.41, 5.74) is 7.44. The van der Waals surface area contributed by atoms with Gasteiger partial charge in [-0.25, -0.2) is 0 Å². The van der Waals surface area contributed by atoms with Crippen LogP contribution in [0.15, 0.2) is 53.4 Å². The Bertz CT molecular complexity index is 929. The van der Waals surface area contributed by atoms with Crippen LogP contribution in [-0.2, 0) is 20.7 Å². The van der Waals surface area contributed by atoms with Crippen LogP contribution in [0.1, 0.15) is 11.1 Å². The van der Waals surface area contributed by atoms with Crippen LogP contribution in [0.5, 0.6) is 11.5 Å². The van der Waals surface area contributed by atoms with Crippen molar-refractivity contribution in [3.05, 3.63) is 64.6 Å². The third kappa shape index (κ3) is 6.08. The lowest BCUT2D eigenvalue weighted by Crippen LogP contribution is -2.33. The number of thioether (sulfide) groups is 1. The zero-order chi connectivity index (χ0) is 20.1. The van der Waals surface area contributed by atoms with Gasteiger partial charge in [0.05, 0.1) is 12.0 Å². The van der Waals surface area contributed by atoms with Crippen LogP contribution in [0.25, 0.3) is 6.08 Å². The topological polar surface area (TPSA) is 108 Å². The number of methoxy groups -OCH3 is 1.